The maximum Gasteiger partial charge on any atom is 0.261 e. The minimum Gasteiger partial charge on any atom is -0.366 e. The van der Waals surface area contributed by atoms with Crippen molar-refractivity contribution >= 4 is 33.2 Å². The van der Waals surface area contributed by atoms with E-state index in [1.54, 1.807) is 19.1 Å². The molecule has 0 bridgehead atoms. The fourth-order valence-corrected chi connectivity index (χ4v) is 3.06. The number of hydrogen-bond donors (Lipinski definition) is 2. The van der Waals surface area contributed by atoms with Gasteiger partial charge >= 0.3 is 0 Å². The number of carbonyl (C=O) groups is 1. The average molecular weight is 325 g/mol. The van der Waals surface area contributed by atoms with Gasteiger partial charge in [0, 0.05) is 5.02 Å². The van der Waals surface area contributed by atoms with Gasteiger partial charge in [0.2, 0.25) is 0 Å². The van der Waals surface area contributed by atoms with Crippen LogP contribution in [-0.2, 0) is 10.0 Å². The molecule has 0 aliphatic rings. The van der Waals surface area contributed by atoms with Gasteiger partial charge in [0.15, 0.2) is 0 Å². The predicted octanol–water partition coefficient (Wildman–Crippen LogP) is 2.55. The topological polar surface area (TPSA) is 89.3 Å². The van der Waals surface area contributed by atoms with Gasteiger partial charge in [-0.15, -0.1) is 0 Å². The van der Waals surface area contributed by atoms with Crippen molar-refractivity contribution in [2.24, 2.45) is 5.73 Å². The second-order valence-electron chi connectivity index (χ2n) is 4.43. The summed E-state index contributed by atoms with van der Waals surface area (Å²) >= 11 is 5.88. The number of nitrogens with two attached hydrogens (primary N) is 1. The Bertz CT molecular complexity index is 804. The molecule has 2 aromatic rings. The van der Waals surface area contributed by atoms with Crippen LogP contribution in [0.3, 0.4) is 0 Å². The third kappa shape index (κ3) is 3.34. The number of para-hydroxylation sites is 1. The van der Waals surface area contributed by atoms with E-state index < -0.39 is 15.9 Å². The lowest BCUT2D eigenvalue weighted by atomic mass is 10.2. The second-order valence-corrected chi connectivity index (χ2v) is 6.52. The van der Waals surface area contributed by atoms with E-state index in [9.17, 15) is 13.2 Å². The molecule has 3 N–H and O–H groups in total. The van der Waals surface area contributed by atoms with E-state index in [2.05, 4.69) is 4.72 Å². The van der Waals surface area contributed by atoms with E-state index in [-0.39, 0.29) is 16.1 Å². The third-order valence-corrected chi connectivity index (χ3v) is 4.66. The van der Waals surface area contributed by atoms with Crippen molar-refractivity contribution in [3.05, 3.63) is 58.6 Å². The molecular formula is C14H13ClN2O3S. The molecule has 7 heteroatoms. The average Bonchev–Trinajstić information content (AvgIpc) is 2.41. The number of anilines is 1. The summed E-state index contributed by atoms with van der Waals surface area (Å²) in [6, 6.07) is 10.5. The van der Waals surface area contributed by atoms with Crippen molar-refractivity contribution in [3.8, 4) is 0 Å². The SMILES string of the molecule is Cc1cc(S(=O)(=O)Nc2ccccc2C(N)=O)ccc1Cl. The van der Waals surface area contributed by atoms with Crippen LogP contribution in [0.2, 0.25) is 5.02 Å². The van der Waals surface area contributed by atoms with Gasteiger partial charge in [-0.3, -0.25) is 9.52 Å². The molecule has 21 heavy (non-hydrogen) atoms. The number of primary amides is 1. The smallest absolute Gasteiger partial charge is 0.261 e. The summed E-state index contributed by atoms with van der Waals surface area (Å²) in [7, 11) is -3.83. The van der Waals surface area contributed by atoms with Crippen LogP contribution in [0.4, 0.5) is 5.69 Å². The summed E-state index contributed by atoms with van der Waals surface area (Å²) in [5.74, 6) is -0.708. The molecule has 0 aliphatic heterocycles. The molecule has 5 nitrogen and oxygen atoms in total. The summed E-state index contributed by atoms with van der Waals surface area (Å²) < 4.78 is 27.0. The predicted molar refractivity (Wildman–Crippen MR) is 82.0 cm³/mol. The van der Waals surface area contributed by atoms with Crippen LogP contribution in [0, 0.1) is 6.92 Å². The Morgan fingerprint density at radius 3 is 2.48 bits per heavy atom. The number of sulfonamides is 1. The normalized spacial score (nSPS) is 11.1. The summed E-state index contributed by atoms with van der Waals surface area (Å²) in [6.07, 6.45) is 0. The summed E-state index contributed by atoms with van der Waals surface area (Å²) in [4.78, 5) is 11.4. The second kappa shape index (κ2) is 5.75. The van der Waals surface area contributed by atoms with Crippen molar-refractivity contribution < 1.29 is 13.2 Å². The number of aryl methyl sites for hydroxylation is 1. The lowest BCUT2D eigenvalue weighted by molar-refractivity contribution is 0.100. The first-order valence-electron chi connectivity index (χ1n) is 5.99. The molecule has 0 aliphatic carbocycles. The zero-order chi connectivity index (χ0) is 15.6. The highest BCUT2D eigenvalue weighted by atomic mass is 35.5. The molecule has 0 heterocycles. The van der Waals surface area contributed by atoms with Crippen molar-refractivity contribution in [3.63, 3.8) is 0 Å². The molecular weight excluding hydrogens is 312 g/mol. The van der Waals surface area contributed by atoms with Gasteiger partial charge < -0.3 is 5.73 Å². The zero-order valence-corrected chi connectivity index (χ0v) is 12.7. The molecule has 1 amide bonds. The number of rotatable bonds is 4. The highest BCUT2D eigenvalue weighted by molar-refractivity contribution is 7.92. The highest BCUT2D eigenvalue weighted by Gasteiger charge is 2.18. The maximum atomic E-state index is 12.3. The van der Waals surface area contributed by atoms with E-state index in [0.717, 1.165) is 0 Å². The molecule has 0 radical (unpaired) electrons. The molecule has 0 saturated carbocycles. The van der Waals surface area contributed by atoms with Gasteiger partial charge in [-0.25, -0.2) is 8.42 Å². The first-order chi connectivity index (χ1) is 9.81. The summed E-state index contributed by atoms with van der Waals surface area (Å²) in [5.41, 5.74) is 6.11. The van der Waals surface area contributed by atoms with Crippen molar-refractivity contribution in [2.75, 3.05) is 4.72 Å². The van der Waals surface area contributed by atoms with E-state index in [0.29, 0.717) is 10.6 Å². The van der Waals surface area contributed by atoms with Gasteiger partial charge in [0.25, 0.3) is 15.9 Å². The first kappa shape index (κ1) is 15.3. The molecule has 0 unspecified atom stereocenters. The minimum atomic E-state index is -3.83. The van der Waals surface area contributed by atoms with E-state index in [1.807, 2.05) is 0 Å². The standard InChI is InChI=1S/C14H13ClN2O3S/c1-9-8-10(6-7-12(9)15)21(19,20)17-13-5-3-2-4-11(13)14(16)18/h2-8,17H,1H3,(H2,16,18). The molecule has 0 fully saturated rings. The van der Waals surface area contributed by atoms with Crippen LogP contribution in [-0.4, -0.2) is 14.3 Å². The van der Waals surface area contributed by atoms with Gasteiger partial charge in [0.05, 0.1) is 16.1 Å². The lowest BCUT2D eigenvalue weighted by Crippen LogP contribution is -2.18. The fraction of sp³-hybridized carbons (Fsp3) is 0.0714. The Kier molecular flexibility index (Phi) is 4.20. The van der Waals surface area contributed by atoms with Crippen molar-refractivity contribution in [1.29, 1.82) is 0 Å². The Balaban J connectivity index is 2.42. The van der Waals surface area contributed by atoms with Gasteiger partial charge in [-0.05, 0) is 42.8 Å². The number of nitrogens with one attached hydrogen (secondary N) is 1. The number of halogens is 1. The van der Waals surface area contributed by atoms with Gasteiger partial charge in [-0.1, -0.05) is 23.7 Å². The quantitative estimate of drug-likeness (QED) is 0.905. The largest absolute Gasteiger partial charge is 0.366 e. The monoisotopic (exact) mass is 324 g/mol. The Labute approximate surface area is 127 Å². The zero-order valence-electron chi connectivity index (χ0n) is 11.1. The first-order valence-corrected chi connectivity index (χ1v) is 7.85. The Hall–Kier alpha value is -2.05. The summed E-state index contributed by atoms with van der Waals surface area (Å²) in [6.45, 7) is 1.71. The highest BCUT2D eigenvalue weighted by Crippen LogP contribution is 2.23. The lowest BCUT2D eigenvalue weighted by Gasteiger charge is -2.11. The van der Waals surface area contributed by atoms with Crippen molar-refractivity contribution in [1.82, 2.24) is 0 Å². The number of amides is 1. The van der Waals surface area contributed by atoms with E-state index >= 15 is 0 Å². The summed E-state index contributed by atoms with van der Waals surface area (Å²) in [5, 5.41) is 0.478. The van der Waals surface area contributed by atoms with Crippen LogP contribution >= 0.6 is 11.6 Å². The van der Waals surface area contributed by atoms with E-state index in [4.69, 9.17) is 17.3 Å². The molecule has 0 spiro atoms. The number of hydrogen-bond acceptors (Lipinski definition) is 3. The fourth-order valence-electron chi connectivity index (χ4n) is 1.78. The van der Waals surface area contributed by atoms with Gasteiger partial charge in [-0.2, -0.15) is 0 Å². The van der Waals surface area contributed by atoms with Crippen LogP contribution in [0.1, 0.15) is 15.9 Å². The van der Waals surface area contributed by atoms with Crippen LogP contribution in [0.5, 0.6) is 0 Å². The maximum absolute atomic E-state index is 12.3. The van der Waals surface area contributed by atoms with E-state index in [1.165, 1.54) is 30.3 Å². The van der Waals surface area contributed by atoms with Crippen LogP contribution < -0.4 is 10.5 Å². The minimum absolute atomic E-state index is 0.0590. The molecule has 0 atom stereocenters. The third-order valence-electron chi connectivity index (χ3n) is 2.88. The molecule has 0 saturated heterocycles. The Morgan fingerprint density at radius 2 is 1.86 bits per heavy atom. The van der Waals surface area contributed by atoms with Crippen LogP contribution in [0.15, 0.2) is 47.4 Å². The molecule has 2 rings (SSSR count). The van der Waals surface area contributed by atoms with Gasteiger partial charge in [0.1, 0.15) is 0 Å². The van der Waals surface area contributed by atoms with Crippen molar-refractivity contribution in [2.45, 2.75) is 11.8 Å². The number of benzene rings is 2. The Morgan fingerprint density at radius 1 is 1.19 bits per heavy atom. The van der Waals surface area contributed by atoms with Crippen LogP contribution in [0.25, 0.3) is 0 Å². The molecule has 110 valence electrons. The molecule has 0 aromatic heterocycles. The number of carbonyl (C=O) groups excluding carboxylic acids is 1. The molecule has 2 aromatic carbocycles.